The minimum atomic E-state index is -0.145. The average molecular weight is 315 g/mol. The fourth-order valence-corrected chi connectivity index (χ4v) is 3.47. The molecular formula is C17H21N3OS. The van der Waals surface area contributed by atoms with Gasteiger partial charge in [0.25, 0.3) is 0 Å². The molecule has 2 N–H and O–H groups in total. The Morgan fingerprint density at radius 3 is 2.73 bits per heavy atom. The number of thiazole rings is 1. The second-order valence-corrected chi connectivity index (χ2v) is 6.77. The van der Waals surface area contributed by atoms with E-state index in [1.54, 1.807) is 0 Å². The second-order valence-electron chi connectivity index (χ2n) is 5.92. The molecule has 1 aromatic carbocycles. The van der Waals surface area contributed by atoms with Gasteiger partial charge in [0.15, 0.2) is 5.13 Å². The number of nitrogens with zero attached hydrogens (tertiary/aromatic N) is 1. The molecular weight excluding hydrogens is 294 g/mol. The first-order chi connectivity index (χ1) is 10.6. The Bertz CT molecular complexity index is 674. The number of hydrogen-bond acceptors (Lipinski definition) is 3. The molecule has 0 bridgehead atoms. The zero-order chi connectivity index (χ0) is 15.5. The molecule has 1 aliphatic rings. The highest BCUT2D eigenvalue weighted by molar-refractivity contribution is 7.14. The van der Waals surface area contributed by atoms with Crippen LogP contribution in [0.15, 0.2) is 23.6 Å². The van der Waals surface area contributed by atoms with E-state index in [2.05, 4.69) is 47.7 Å². The lowest BCUT2D eigenvalue weighted by Gasteiger charge is -2.11. The van der Waals surface area contributed by atoms with Crippen LogP contribution < -0.4 is 10.6 Å². The molecule has 0 spiro atoms. The lowest BCUT2D eigenvalue weighted by atomic mass is 10.1. The summed E-state index contributed by atoms with van der Waals surface area (Å²) in [5, 5.41) is 8.48. The van der Waals surface area contributed by atoms with Crippen molar-refractivity contribution in [1.82, 2.24) is 10.3 Å². The summed E-state index contributed by atoms with van der Waals surface area (Å²) in [5.74, 6) is 0. The molecule has 2 amide bonds. The minimum absolute atomic E-state index is 0.145. The van der Waals surface area contributed by atoms with Crippen LogP contribution in [0, 0.1) is 13.8 Å². The van der Waals surface area contributed by atoms with Crippen molar-refractivity contribution in [1.29, 1.82) is 0 Å². The molecule has 1 saturated carbocycles. The van der Waals surface area contributed by atoms with E-state index in [0.717, 1.165) is 24.1 Å². The number of amides is 2. The van der Waals surface area contributed by atoms with E-state index in [1.807, 2.05) is 5.38 Å². The van der Waals surface area contributed by atoms with Gasteiger partial charge in [0.2, 0.25) is 0 Å². The summed E-state index contributed by atoms with van der Waals surface area (Å²) in [7, 11) is 0. The van der Waals surface area contributed by atoms with Gasteiger partial charge in [-0.25, -0.2) is 9.78 Å². The first-order valence-electron chi connectivity index (χ1n) is 7.72. The number of nitrogens with one attached hydrogen (secondary N) is 2. The molecule has 4 nitrogen and oxygen atoms in total. The SMILES string of the molecule is Cc1ccc(-c2csc(NC(=O)NC3CCCC3)n2)cc1C. The molecule has 1 aromatic heterocycles. The van der Waals surface area contributed by atoms with Crippen molar-refractivity contribution in [2.24, 2.45) is 0 Å². The third-order valence-corrected chi connectivity index (χ3v) is 4.98. The highest BCUT2D eigenvalue weighted by atomic mass is 32.1. The molecule has 0 radical (unpaired) electrons. The normalized spacial score (nSPS) is 15.0. The predicted octanol–water partition coefficient (Wildman–Crippen LogP) is 4.49. The van der Waals surface area contributed by atoms with Crippen LogP contribution in [0.1, 0.15) is 36.8 Å². The molecule has 0 unspecified atom stereocenters. The summed E-state index contributed by atoms with van der Waals surface area (Å²) in [6.45, 7) is 4.19. The van der Waals surface area contributed by atoms with E-state index in [-0.39, 0.29) is 6.03 Å². The summed E-state index contributed by atoms with van der Waals surface area (Å²) >= 11 is 1.46. The molecule has 1 aliphatic carbocycles. The van der Waals surface area contributed by atoms with E-state index >= 15 is 0 Å². The molecule has 0 saturated heterocycles. The molecule has 5 heteroatoms. The standard InChI is InChI=1S/C17H21N3OS/c1-11-7-8-13(9-12(11)2)15-10-22-17(19-15)20-16(21)18-14-5-3-4-6-14/h7-10,14H,3-6H2,1-2H3,(H2,18,19,20,21). The van der Waals surface area contributed by atoms with E-state index in [4.69, 9.17) is 0 Å². The van der Waals surface area contributed by atoms with Crippen LogP contribution in [0.25, 0.3) is 11.3 Å². The van der Waals surface area contributed by atoms with Crippen molar-refractivity contribution in [2.75, 3.05) is 5.32 Å². The second kappa shape index (κ2) is 6.48. The van der Waals surface area contributed by atoms with Gasteiger partial charge in [0.05, 0.1) is 5.69 Å². The Kier molecular flexibility index (Phi) is 4.43. The number of anilines is 1. The first-order valence-corrected chi connectivity index (χ1v) is 8.60. The number of aromatic nitrogens is 1. The third kappa shape index (κ3) is 3.47. The van der Waals surface area contributed by atoms with Crippen LogP contribution in [0.4, 0.5) is 9.93 Å². The highest BCUT2D eigenvalue weighted by Crippen LogP contribution is 2.26. The number of carbonyl (C=O) groups is 1. The van der Waals surface area contributed by atoms with Crippen LogP contribution in [-0.4, -0.2) is 17.1 Å². The monoisotopic (exact) mass is 315 g/mol. The number of aryl methyl sites for hydroxylation is 2. The Hall–Kier alpha value is -1.88. The maximum absolute atomic E-state index is 12.0. The molecule has 3 rings (SSSR count). The lowest BCUT2D eigenvalue weighted by molar-refractivity contribution is 0.248. The zero-order valence-corrected chi connectivity index (χ0v) is 13.8. The van der Waals surface area contributed by atoms with Crippen molar-refractivity contribution >= 4 is 22.5 Å². The van der Waals surface area contributed by atoms with Gasteiger partial charge < -0.3 is 5.32 Å². The fraction of sp³-hybridized carbons (Fsp3) is 0.412. The van der Waals surface area contributed by atoms with Crippen LogP contribution >= 0.6 is 11.3 Å². The number of rotatable bonds is 3. The van der Waals surface area contributed by atoms with E-state index in [1.165, 1.54) is 35.3 Å². The van der Waals surface area contributed by atoms with E-state index < -0.39 is 0 Å². The van der Waals surface area contributed by atoms with Crippen LogP contribution in [-0.2, 0) is 0 Å². The number of hydrogen-bond donors (Lipinski definition) is 2. The third-order valence-electron chi connectivity index (χ3n) is 4.22. The topological polar surface area (TPSA) is 54.0 Å². The number of carbonyl (C=O) groups excluding carboxylic acids is 1. The van der Waals surface area contributed by atoms with Crippen molar-refractivity contribution in [2.45, 2.75) is 45.6 Å². The average Bonchev–Trinajstić information content (AvgIpc) is 3.13. The smallest absolute Gasteiger partial charge is 0.321 e. The van der Waals surface area contributed by atoms with Gasteiger partial charge in [-0.15, -0.1) is 11.3 Å². The quantitative estimate of drug-likeness (QED) is 0.876. The lowest BCUT2D eigenvalue weighted by Crippen LogP contribution is -2.36. The Morgan fingerprint density at radius 2 is 2.00 bits per heavy atom. The molecule has 0 aliphatic heterocycles. The minimum Gasteiger partial charge on any atom is -0.335 e. The molecule has 1 fully saturated rings. The van der Waals surface area contributed by atoms with Crippen molar-refractivity contribution in [3.05, 3.63) is 34.7 Å². The largest absolute Gasteiger partial charge is 0.335 e. The number of benzene rings is 1. The summed E-state index contributed by atoms with van der Waals surface area (Å²) in [4.78, 5) is 16.5. The zero-order valence-electron chi connectivity index (χ0n) is 13.0. The van der Waals surface area contributed by atoms with Gasteiger partial charge in [-0.2, -0.15) is 0 Å². The van der Waals surface area contributed by atoms with Gasteiger partial charge >= 0.3 is 6.03 Å². The summed E-state index contributed by atoms with van der Waals surface area (Å²) in [6, 6.07) is 6.48. The molecule has 116 valence electrons. The maximum Gasteiger partial charge on any atom is 0.321 e. The summed E-state index contributed by atoms with van der Waals surface area (Å²) in [6.07, 6.45) is 4.58. The molecule has 22 heavy (non-hydrogen) atoms. The van der Waals surface area contributed by atoms with Gasteiger partial charge in [0.1, 0.15) is 0 Å². The Balaban J connectivity index is 1.65. The molecule has 2 aromatic rings. The van der Waals surface area contributed by atoms with Crippen LogP contribution in [0.3, 0.4) is 0 Å². The van der Waals surface area contributed by atoms with Crippen molar-refractivity contribution in [3.63, 3.8) is 0 Å². The van der Waals surface area contributed by atoms with E-state index in [0.29, 0.717) is 11.2 Å². The molecule has 1 heterocycles. The Labute approximate surface area is 135 Å². The van der Waals surface area contributed by atoms with E-state index in [9.17, 15) is 4.79 Å². The van der Waals surface area contributed by atoms with Crippen molar-refractivity contribution in [3.8, 4) is 11.3 Å². The maximum atomic E-state index is 12.0. The molecule has 0 atom stereocenters. The van der Waals surface area contributed by atoms with Gasteiger partial charge in [-0.1, -0.05) is 25.0 Å². The van der Waals surface area contributed by atoms with Gasteiger partial charge in [0, 0.05) is 17.0 Å². The van der Waals surface area contributed by atoms with Crippen molar-refractivity contribution < 1.29 is 4.79 Å². The van der Waals surface area contributed by atoms with Crippen LogP contribution in [0.5, 0.6) is 0 Å². The first kappa shape index (κ1) is 15.0. The van der Waals surface area contributed by atoms with Crippen LogP contribution in [0.2, 0.25) is 0 Å². The predicted molar refractivity (Wildman–Crippen MR) is 91.4 cm³/mol. The highest BCUT2D eigenvalue weighted by Gasteiger charge is 2.17. The summed E-state index contributed by atoms with van der Waals surface area (Å²) < 4.78 is 0. The van der Waals surface area contributed by atoms with Gasteiger partial charge in [-0.3, -0.25) is 5.32 Å². The number of urea groups is 1. The Morgan fingerprint density at radius 1 is 1.23 bits per heavy atom. The van der Waals surface area contributed by atoms with Gasteiger partial charge in [-0.05, 0) is 43.9 Å². The fourth-order valence-electron chi connectivity index (χ4n) is 2.75. The summed E-state index contributed by atoms with van der Waals surface area (Å²) in [5.41, 5.74) is 4.51.